The van der Waals surface area contributed by atoms with Gasteiger partial charge in [-0.15, -0.1) is 0 Å². The summed E-state index contributed by atoms with van der Waals surface area (Å²) in [5, 5.41) is 3.88. The largest absolute Gasteiger partial charge is 0.361 e. The third-order valence-electron chi connectivity index (χ3n) is 4.44. The fraction of sp³-hybridized carbons (Fsp3) is 0. The first-order valence-electron chi connectivity index (χ1n) is 9.24. The summed E-state index contributed by atoms with van der Waals surface area (Å²) in [5.41, 5.74) is 3.63. The Bertz CT molecular complexity index is 1160. The van der Waals surface area contributed by atoms with Crippen molar-refractivity contribution in [2.75, 3.05) is 0 Å². The van der Waals surface area contributed by atoms with Crippen molar-refractivity contribution in [2.24, 2.45) is 0 Å². The van der Waals surface area contributed by atoms with Crippen LogP contribution in [0.3, 0.4) is 0 Å². The van der Waals surface area contributed by atoms with Crippen molar-refractivity contribution in [1.82, 2.24) is 15.0 Å². The number of nitrogens with one attached hydrogen (secondary N) is 2. The van der Waals surface area contributed by atoms with Crippen LogP contribution in [0.1, 0.15) is 0 Å². The second-order valence-electron chi connectivity index (χ2n) is 6.31. The molecule has 0 atom stereocenters. The molecule has 3 heteroatoms. The van der Waals surface area contributed by atoms with Crippen LogP contribution in [0.5, 0.6) is 0 Å². The number of aromatic nitrogens is 3. The normalized spacial score (nSPS) is 10.1. The van der Waals surface area contributed by atoms with E-state index >= 15 is 0 Å². The van der Waals surface area contributed by atoms with Crippen LogP contribution in [0.15, 0.2) is 116 Å². The van der Waals surface area contributed by atoms with Gasteiger partial charge in [-0.2, -0.15) is 0 Å². The lowest BCUT2D eigenvalue weighted by Crippen LogP contribution is -1.62. The van der Waals surface area contributed by atoms with E-state index in [1.165, 1.54) is 32.7 Å². The van der Waals surface area contributed by atoms with Gasteiger partial charge in [0, 0.05) is 45.9 Å². The first-order valence-corrected chi connectivity index (χ1v) is 9.24. The summed E-state index contributed by atoms with van der Waals surface area (Å²) in [6.45, 7) is 0. The van der Waals surface area contributed by atoms with E-state index in [2.05, 4.69) is 81.7 Å². The summed E-state index contributed by atoms with van der Waals surface area (Å²) in [5.74, 6) is 0. The highest BCUT2D eigenvalue weighted by molar-refractivity contribution is 6.06. The number of aromatic amines is 2. The van der Waals surface area contributed by atoms with E-state index in [1.807, 2.05) is 36.5 Å². The molecule has 136 valence electrons. The van der Waals surface area contributed by atoms with Crippen LogP contribution in [0.4, 0.5) is 0 Å². The minimum absolute atomic E-state index is 1.21. The Morgan fingerprint density at radius 1 is 0.500 bits per heavy atom. The van der Waals surface area contributed by atoms with Crippen molar-refractivity contribution in [3.63, 3.8) is 0 Å². The molecule has 28 heavy (non-hydrogen) atoms. The van der Waals surface area contributed by atoms with E-state index < -0.39 is 0 Å². The Morgan fingerprint density at radius 2 is 1.07 bits per heavy atom. The van der Waals surface area contributed by atoms with Gasteiger partial charge in [-0.25, -0.2) is 0 Å². The fourth-order valence-electron chi connectivity index (χ4n) is 3.11. The topological polar surface area (TPSA) is 44.5 Å². The van der Waals surface area contributed by atoms with Crippen LogP contribution in [-0.2, 0) is 0 Å². The highest BCUT2D eigenvalue weighted by atomic mass is 14.7. The van der Waals surface area contributed by atoms with Crippen molar-refractivity contribution in [2.45, 2.75) is 0 Å². The number of para-hydroxylation sites is 3. The van der Waals surface area contributed by atoms with Gasteiger partial charge in [-0.1, -0.05) is 60.7 Å². The van der Waals surface area contributed by atoms with Gasteiger partial charge in [0.1, 0.15) is 0 Å². The van der Waals surface area contributed by atoms with Crippen LogP contribution >= 0.6 is 0 Å². The summed E-state index contributed by atoms with van der Waals surface area (Å²) in [4.78, 5) is 10.3. The van der Waals surface area contributed by atoms with E-state index in [0.29, 0.717) is 0 Å². The van der Waals surface area contributed by atoms with E-state index in [0.717, 1.165) is 0 Å². The van der Waals surface area contributed by atoms with Crippen molar-refractivity contribution in [3.05, 3.63) is 116 Å². The molecule has 0 spiro atoms. The van der Waals surface area contributed by atoms with Crippen LogP contribution in [0, 0.1) is 0 Å². The first-order chi connectivity index (χ1) is 13.9. The molecular weight excluding hydrogens is 342 g/mol. The zero-order valence-electron chi connectivity index (χ0n) is 15.4. The lowest BCUT2D eigenvalue weighted by molar-refractivity contribution is 1.33. The number of pyridine rings is 1. The van der Waals surface area contributed by atoms with Crippen molar-refractivity contribution in [1.29, 1.82) is 0 Å². The van der Waals surface area contributed by atoms with Crippen molar-refractivity contribution >= 4 is 32.7 Å². The molecule has 0 fully saturated rings. The second-order valence-corrected chi connectivity index (χ2v) is 6.31. The zero-order valence-corrected chi connectivity index (χ0v) is 15.4. The number of rotatable bonds is 0. The molecule has 0 radical (unpaired) electrons. The molecular formula is C25H21N3. The second kappa shape index (κ2) is 8.69. The van der Waals surface area contributed by atoms with Gasteiger partial charge in [-0.05, 0) is 41.8 Å². The van der Waals surface area contributed by atoms with Crippen LogP contribution in [-0.4, -0.2) is 15.0 Å². The van der Waals surface area contributed by atoms with E-state index in [1.54, 1.807) is 12.4 Å². The molecule has 3 aromatic heterocycles. The van der Waals surface area contributed by atoms with Crippen molar-refractivity contribution in [3.8, 4) is 0 Å². The minimum atomic E-state index is 1.21. The molecule has 6 aromatic rings. The third-order valence-corrected chi connectivity index (χ3v) is 4.44. The predicted molar refractivity (Wildman–Crippen MR) is 118 cm³/mol. The van der Waals surface area contributed by atoms with Gasteiger partial charge in [0.2, 0.25) is 0 Å². The molecule has 0 bridgehead atoms. The average Bonchev–Trinajstić information content (AvgIpc) is 3.40. The molecule has 2 N–H and O–H groups in total. The monoisotopic (exact) mass is 363 g/mol. The lowest BCUT2D eigenvalue weighted by Gasteiger charge is -1.87. The summed E-state index contributed by atoms with van der Waals surface area (Å²) in [6, 6.07) is 32.8. The summed E-state index contributed by atoms with van der Waals surface area (Å²) in [7, 11) is 0. The van der Waals surface area contributed by atoms with E-state index in [-0.39, 0.29) is 0 Å². The Morgan fingerprint density at radius 3 is 1.61 bits per heavy atom. The molecule has 3 heterocycles. The molecule has 0 aliphatic rings. The zero-order chi connectivity index (χ0) is 19.0. The standard InChI is InChI=1S/C12H9N.C8H7N.C5H5N/c1-3-7-11-9(5-1)10-6-2-4-8-12(10)13-11;1-2-4-8-7(3-1)5-6-9-8;1-2-4-6-5-3-1/h1-8,13H;1-6,9H;1-5H. The number of hydrogen-bond donors (Lipinski definition) is 2. The number of benzene rings is 3. The molecule has 0 saturated carbocycles. The maximum absolute atomic E-state index is 3.78. The number of nitrogens with zero attached hydrogens (tertiary/aromatic N) is 1. The summed E-state index contributed by atoms with van der Waals surface area (Å²) in [6.07, 6.45) is 5.45. The summed E-state index contributed by atoms with van der Waals surface area (Å²) >= 11 is 0. The van der Waals surface area contributed by atoms with Crippen molar-refractivity contribution < 1.29 is 0 Å². The first kappa shape index (κ1) is 17.6. The fourth-order valence-corrected chi connectivity index (χ4v) is 3.11. The van der Waals surface area contributed by atoms with E-state index in [4.69, 9.17) is 0 Å². The molecule has 3 aromatic carbocycles. The Labute approximate surface area is 163 Å². The molecule has 3 nitrogen and oxygen atoms in total. The SMILES string of the molecule is c1ccc2[nH]ccc2c1.c1ccc2c(c1)[nH]c1ccccc12.c1ccncc1. The molecule has 6 rings (SSSR count). The average molecular weight is 363 g/mol. The van der Waals surface area contributed by atoms with Gasteiger partial charge < -0.3 is 9.97 Å². The molecule has 0 unspecified atom stereocenters. The molecule has 0 aliphatic heterocycles. The van der Waals surface area contributed by atoms with Gasteiger partial charge in [-0.3, -0.25) is 4.98 Å². The Hall–Kier alpha value is -3.85. The molecule has 0 amide bonds. The highest BCUT2D eigenvalue weighted by Gasteiger charge is 2.00. The van der Waals surface area contributed by atoms with Crippen LogP contribution in [0.25, 0.3) is 32.7 Å². The van der Waals surface area contributed by atoms with Gasteiger partial charge in [0.05, 0.1) is 0 Å². The minimum Gasteiger partial charge on any atom is -0.361 e. The quantitative estimate of drug-likeness (QED) is 0.315. The van der Waals surface area contributed by atoms with Gasteiger partial charge in [0.25, 0.3) is 0 Å². The molecule has 0 aliphatic carbocycles. The van der Waals surface area contributed by atoms with Crippen LogP contribution < -0.4 is 0 Å². The predicted octanol–water partition coefficient (Wildman–Crippen LogP) is 6.57. The van der Waals surface area contributed by atoms with Gasteiger partial charge in [0.15, 0.2) is 0 Å². The van der Waals surface area contributed by atoms with Gasteiger partial charge >= 0.3 is 0 Å². The maximum atomic E-state index is 3.78. The Balaban J connectivity index is 0.000000112. The van der Waals surface area contributed by atoms with Crippen LogP contribution in [0.2, 0.25) is 0 Å². The number of fused-ring (bicyclic) bond motifs is 4. The third kappa shape index (κ3) is 4.10. The molecule has 0 saturated heterocycles. The number of H-pyrrole nitrogens is 2. The highest BCUT2D eigenvalue weighted by Crippen LogP contribution is 2.24. The smallest absolute Gasteiger partial charge is 0.0464 e. The number of hydrogen-bond acceptors (Lipinski definition) is 1. The maximum Gasteiger partial charge on any atom is 0.0464 e. The summed E-state index contributed by atoms with van der Waals surface area (Å²) < 4.78 is 0. The van der Waals surface area contributed by atoms with E-state index in [9.17, 15) is 0 Å². The lowest BCUT2D eigenvalue weighted by atomic mass is 10.2. The Kier molecular flexibility index (Phi) is 5.45.